The number of amides is 2. The van der Waals surface area contributed by atoms with Crippen LogP contribution < -0.4 is 10.9 Å². The lowest BCUT2D eigenvalue weighted by molar-refractivity contribution is -0.121. The molecule has 1 saturated heterocycles. The highest BCUT2D eigenvalue weighted by Crippen LogP contribution is 2.24. The van der Waals surface area contributed by atoms with Gasteiger partial charge in [-0.15, -0.1) is 0 Å². The number of nitrogens with zero attached hydrogens (tertiary/aromatic N) is 1. The van der Waals surface area contributed by atoms with Crippen molar-refractivity contribution in [1.82, 2.24) is 4.90 Å². The van der Waals surface area contributed by atoms with Crippen LogP contribution in [-0.4, -0.2) is 29.8 Å². The van der Waals surface area contributed by atoms with Crippen molar-refractivity contribution in [3.63, 3.8) is 0 Å². The molecular formula is C23H21ClN2O4. The number of nitrogens with one attached hydrogen (secondary N) is 1. The molecule has 3 aromatic rings. The third kappa shape index (κ3) is 4.24. The molecule has 0 bridgehead atoms. The zero-order valence-corrected chi connectivity index (χ0v) is 17.2. The first-order valence-corrected chi connectivity index (χ1v) is 10.2. The highest BCUT2D eigenvalue weighted by molar-refractivity contribution is 6.30. The van der Waals surface area contributed by atoms with Crippen LogP contribution in [0.1, 0.15) is 28.8 Å². The summed E-state index contributed by atoms with van der Waals surface area (Å²) in [7, 11) is 0. The Morgan fingerprint density at radius 2 is 1.90 bits per heavy atom. The number of likely N-dealkylation sites (tertiary alicyclic amines) is 1. The van der Waals surface area contributed by atoms with E-state index in [2.05, 4.69) is 5.32 Å². The van der Waals surface area contributed by atoms with Crippen molar-refractivity contribution in [3.05, 3.63) is 75.1 Å². The monoisotopic (exact) mass is 424 g/mol. The fourth-order valence-electron chi connectivity index (χ4n) is 3.80. The highest BCUT2D eigenvalue weighted by atomic mass is 35.5. The summed E-state index contributed by atoms with van der Waals surface area (Å²) in [5.41, 5.74) is 1.94. The van der Waals surface area contributed by atoms with E-state index < -0.39 is 5.63 Å². The second-order valence-corrected chi connectivity index (χ2v) is 7.98. The summed E-state index contributed by atoms with van der Waals surface area (Å²) in [4.78, 5) is 38.9. The SMILES string of the molecule is Cc1cc(=O)oc2cc(NC(=O)C3CCCN(C(=O)c4ccc(Cl)cc4)C3)ccc12. The van der Waals surface area contributed by atoms with E-state index >= 15 is 0 Å². The molecule has 1 aliphatic rings. The Hall–Kier alpha value is -3.12. The molecule has 7 heteroatoms. The van der Waals surface area contributed by atoms with Crippen molar-refractivity contribution >= 4 is 40.1 Å². The summed E-state index contributed by atoms with van der Waals surface area (Å²) < 4.78 is 5.25. The molecule has 4 rings (SSSR count). The van der Waals surface area contributed by atoms with Gasteiger partial charge in [0.1, 0.15) is 5.58 Å². The van der Waals surface area contributed by atoms with Gasteiger partial charge in [0.05, 0.1) is 5.92 Å². The molecule has 2 aromatic carbocycles. The number of halogens is 1. The number of hydrogen-bond acceptors (Lipinski definition) is 4. The van der Waals surface area contributed by atoms with Gasteiger partial charge in [-0.3, -0.25) is 9.59 Å². The van der Waals surface area contributed by atoms with Crippen molar-refractivity contribution in [1.29, 1.82) is 0 Å². The topological polar surface area (TPSA) is 79.6 Å². The van der Waals surface area contributed by atoms with Crippen molar-refractivity contribution < 1.29 is 14.0 Å². The molecule has 1 unspecified atom stereocenters. The standard InChI is InChI=1S/C23H21ClN2O4/c1-14-11-21(27)30-20-12-18(8-9-19(14)20)25-22(28)16-3-2-10-26(13-16)23(29)15-4-6-17(24)7-5-15/h4-9,11-12,16H,2-3,10,13H2,1H3,(H,25,28). The second kappa shape index (κ2) is 8.32. The fourth-order valence-corrected chi connectivity index (χ4v) is 3.92. The minimum atomic E-state index is -0.424. The average Bonchev–Trinajstić information content (AvgIpc) is 2.73. The molecule has 1 aliphatic heterocycles. The van der Waals surface area contributed by atoms with Crippen LogP contribution in [0.2, 0.25) is 5.02 Å². The summed E-state index contributed by atoms with van der Waals surface area (Å²) in [6.45, 7) is 2.81. The number of aryl methyl sites for hydroxylation is 1. The first-order valence-electron chi connectivity index (χ1n) is 9.81. The van der Waals surface area contributed by atoms with Crippen molar-refractivity contribution in [2.45, 2.75) is 19.8 Å². The lowest BCUT2D eigenvalue weighted by atomic mass is 9.96. The van der Waals surface area contributed by atoms with Crippen LogP contribution in [0.5, 0.6) is 0 Å². The van der Waals surface area contributed by atoms with Gasteiger partial charge in [0.2, 0.25) is 5.91 Å². The number of hydrogen-bond donors (Lipinski definition) is 1. The van der Waals surface area contributed by atoms with Gasteiger partial charge in [0.25, 0.3) is 5.91 Å². The molecule has 0 spiro atoms. The second-order valence-electron chi connectivity index (χ2n) is 7.55. The van der Waals surface area contributed by atoms with Crippen molar-refractivity contribution in [2.24, 2.45) is 5.92 Å². The summed E-state index contributed by atoms with van der Waals surface area (Å²) in [6, 6.07) is 13.5. The number of benzene rings is 2. The van der Waals surface area contributed by atoms with Crippen LogP contribution in [0.4, 0.5) is 5.69 Å². The number of piperidine rings is 1. The first-order chi connectivity index (χ1) is 14.4. The van der Waals surface area contributed by atoms with Crippen LogP contribution in [0.3, 0.4) is 0 Å². The molecule has 2 heterocycles. The molecule has 30 heavy (non-hydrogen) atoms. The maximum absolute atomic E-state index is 12.8. The van der Waals surface area contributed by atoms with Crippen molar-refractivity contribution in [2.75, 3.05) is 18.4 Å². The predicted octanol–water partition coefficient (Wildman–Crippen LogP) is 4.25. The number of rotatable bonds is 3. The molecule has 0 saturated carbocycles. The van der Waals surface area contributed by atoms with E-state index in [1.807, 2.05) is 13.0 Å². The lowest BCUT2D eigenvalue weighted by Crippen LogP contribution is -2.43. The smallest absolute Gasteiger partial charge is 0.336 e. The maximum Gasteiger partial charge on any atom is 0.336 e. The summed E-state index contributed by atoms with van der Waals surface area (Å²) in [6.07, 6.45) is 1.46. The minimum Gasteiger partial charge on any atom is -0.423 e. The molecule has 0 radical (unpaired) electrons. The van der Waals surface area contributed by atoms with Crippen LogP contribution in [0.15, 0.2) is 57.7 Å². The van der Waals surface area contributed by atoms with Gasteiger partial charge in [0.15, 0.2) is 0 Å². The molecule has 0 aliphatic carbocycles. The van der Waals surface area contributed by atoms with Gasteiger partial charge >= 0.3 is 5.63 Å². The largest absolute Gasteiger partial charge is 0.423 e. The summed E-state index contributed by atoms with van der Waals surface area (Å²) in [5, 5.41) is 4.29. The quantitative estimate of drug-likeness (QED) is 0.637. The Kier molecular flexibility index (Phi) is 5.59. The molecule has 1 fully saturated rings. The number of carbonyl (C=O) groups is 2. The van der Waals surface area contributed by atoms with E-state index in [0.29, 0.717) is 41.4 Å². The number of anilines is 1. The molecule has 154 valence electrons. The summed E-state index contributed by atoms with van der Waals surface area (Å²) in [5.74, 6) is -0.569. The minimum absolute atomic E-state index is 0.105. The Labute approximate surface area is 178 Å². The Balaban J connectivity index is 1.47. The predicted molar refractivity (Wildman–Crippen MR) is 116 cm³/mol. The molecule has 1 aromatic heterocycles. The molecule has 1 atom stereocenters. The van der Waals surface area contributed by atoms with Gasteiger partial charge in [-0.25, -0.2) is 4.79 Å². The Bertz CT molecular complexity index is 1170. The van der Waals surface area contributed by atoms with E-state index in [1.165, 1.54) is 6.07 Å². The van der Waals surface area contributed by atoms with Crippen LogP contribution in [-0.2, 0) is 4.79 Å². The third-order valence-corrected chi connectivity index (χ3v) is 5.64. The molecule has 2 amide bonds. The lowest BCUT2D eigenvalue weighted by Gasteiger charge is -2.32. The average molecular weight is 425 g/mol. The highest BCUT2D eigenvalue weighted by Gasteiger charge is 2.29. The number of carbonyl (C=O) groups excluding carboxylic acids is 2. The van der Waals surface area contributed by atoms with E-state index in [1.54, 1.807) is 41.3 Å². The zero-order chi connectivity index (χ0) is 21.3. The molecule has 1 N–H and O–H groups in total. The van der Waals surface area contributed by atoms with E-state index in [0.717, 1.165) is 17.4 Å². The number of fused-ring (bicyclic) bond motifs is 1. The van der Waals surface area contributed by atoms with Gasteiger partial charge in [-0.2, -0.15) is 0 Å². The maximum atomic E-state index is 12.8. The van der Waals surface area contributed by atoms with Crippen LogP contribution in [0, 0.1) is 12.8 Å². The first kappa shape index (κ1) is 20.2. The Morgan fingerprint density at radius 3 is 2.67 bits per heavy atom. The van der Waals surface area contributed by atoms with Gasteiger partial charge < -0.3 is 14.6 Å². The van der Waals surface area contributed by atoms with Gasteiger partial charge in [-0.05, 0) is 61.7 Å². The van der Waals surface area contributed by atoms with E-state index in [9.17, 15) is 14.4 Å². The summed E-state index contributed by atoms with van der Waals surface area (Å²) >= 11 is 5.90. The van der Waals surface area contributed by atoms with E-state index in [4.69, 9.17) is 16.0 Å². The zero-order valence-electron chi connectivity index (χ0n) is 16.5. The van der Waals surface area contributed by atoms with E-state index in [-0.39, 0.29) is 17.7 Å². The van der Waals surface area contributed by atoms with Crippen molar-refractivity contribution in [3.8, 4) is 0 Å². The van der Waals surface area contributed by atoms with Gasteiger partial charge in [-0.1, -0.05) is 11.6 Å². The molecule has 6 nitrogen and oxygen atoms in total. The molecular weight excluding hydrogens is 404 g/mol. The fraction of sp³-hybridized carbons (Fsp3) is 0.261. The normalized spacial score (nSPS) is 16.5. The third-order valence-electron chi connectivity index (χ3n) is 5.39. The Morgan fingerprint density at radius 1 is 1.13 bits per heavy atom. The van der Waals surface area contributed by atoms with Crippen LogP contribution in [0.25, 0.3) is 11.0 Å². The van der Waals surface area contributed by atoms with Crippen LogP contribution >= 0.6 is 11.6 Å². The van der Waals surface area contributed by atoms with Gasteiger partial charge in [0, 0.05) is 46.9 Å².